The SMILES string of the molecule is Fc1ccc(Br)cc1Nc1nc2cc(Br)ccc2s1. The Labute approximate surface area is 129 Å². The number of hydrogen-bond acceptors (Lipinski definition) is 3. The molecule has 0 aliphatic carbocycles. The van der Waals surface area contributed by atoms with E-state index in [0.717, 1.165) is 19.2 Å². The monoisotopic (exact) mass is 400 g/mol. The second kappa shape index (κ2) is 5.19. The Kier molecular flexibility index (Phi) is 3.56. The number of rotatable bonds is 2. The van der Waals surface area contributed by atoms with Crippen molar-refractivity contribution in [3.63, 3.8) is 0 Å². The third-order valence-corrected chi connectivity index (χ3v) is 4.46. The highest BCUT2D eigenvalue weighted by Crippen LogP contribution is 2.31. The summed E-state index contributed by atoms with van der Waals surface area (Å²) in [7, 11) is 0. The van der Waals surface area contributed by atoms with Gasteiger partial charge in [-0.2, -0.15) is 0 Å². The number of fused-ring (bicyclic) bond motifs is 1. The molecule has 96 valence electrons. The molecule has 2 aromatic carbocycles. The average Bonchev–Trinajstić information content (AvgIpc) is 2.75. The van der Waals surface area contributed by atoms with E-state index in [1.807, 2.05) is 18.2 Å². The molecule has 0 saturated carbocycles. The molecule has 0 saturated heterocycles. The van der Waals surface area contributed by atoms with E-state index in [1.54, 1.807) is 12.1 Å². The van der Waals surface area contributed by atoms with Crippen molar-refractivity contribution in [1.29, 1.82) is 0 Å². The molecule has 0 fully saturated rings. The molecule has 0 aliphatic heterocycles. The van der Waals surface area contributed by atoms with Gasteiger partial charge in [-0.15, -0.1) is 0 Å². The van der Waals surface area contributed by atoms with Crippen LogP contribution >= 0.6 is 43.2 Å². The smallest absolute Gasteiger partial charge is 0.188 e. The molecule has 0 unspecified atom stereocenters. The van der Waals surface area contributed by atoms with Gasteiger partial charge in [0, 0.05) is 8.95 Å². The van der Waals surface area contributed by atoms with Crippen LogP contribution < -0.4 is 5.32 Å². The third-order valence-electron chi connectivity index (χ3n) is 2.52. The topological polar surface area (TPSA) is 24.9 Å². The number of aromatic nitrogens is 1. The van der Waals surface area contributed by atoms with Crippen LogP contribution in [0.4, 0.5) is 15.2 Å². The highest BCUT2D eigenvalue weighted by atomic mass is 79.9. The van der Waals surface area contributed by atoms with Gasteiger partial charge in [-0.05, 0) is 36.4 Å². The fraction of sp³-hybridized carbons (Fsp3) is 0. The lowest BCUT2D eigenvalue weighted by molar-refractivity contribution is 0.631. The minimum atomic E-state index is -0.302. The fourth-order valence-corrected chi connectivity index (χ4v) is 3.23. The van der Waals surface area contributed by atoms with Gasteiger partial charge in [0.05, 0.1) is 15.9 Å². The van der Waals surface area contributed by atoms with Crippen molar-refractivity contribution >= 4 is 64.2 Å². The maximum atomic E-state index is 13.7. The summed E-state index contributed by atoms with van der Waals surface area (Å²) in [5.41, 5.74) is 1.30. The summed E-state index contributed by atoms with van der Waals surface area (Å²) in [5.74, 6) is -0.302. The molecule has 0 atom stereocenters. The Morgan fingerprint density at radius 1 is 1.05 bits per heavy atom. The van der Waals surface area contributed by atoms with Gasteiger partial charge in [0.1, 0.15) is 5.82 Å². The third kappa shape index (κ3) is 2.80. The standard InChI is InChI=1S/C13H7Br2FN2S/c14-7-1-3-9(16)10(5-7)17-13-18-11-6-8(15)2-4-12(11)19-13/h1-6H,(H,17,18). The van der Waals surface area contributed by atoms with Crippen molar-refractivity contribution in [3.05, 3.63) is 51.2 Å². The molecule has 19 heavy (non-hydrogen) atoms. The van der Waals surface area contributed by atoms with Crippen LogP contribution in [0.15, 0.2) is 45.3 Å². The molecule has 1 aromatic heterocycles. The van der Waals surface area contributed by atoms with Crippen LogP contribution in [0.5, 0.6) is 0 Å². The summed E-state index contributed by atoms with van der Waals surface area (Å²) in [4.78, 5) is 4.44. The van der Waals surface area contributed by atoms with Gasteiger partial charge in [0.2, 0.25) is 0 Å². The largest absolute Gasteiger partial charge is 0.329 e. The first-order valence-corrected chi connectivity index (χ1v) is 7.80. The van der Waals surface area contributed by atoms with Gasteiger partial charge in [-0.1, -0.05) is 43.2 Å². The maximum absolute atomic E-state index is 13.7. The minimum absolute atomic E-state index is 0.302. The number of thiazole rings is 1. The van der Waals surface area contributed by atoms with E-state index in [1.165, 1.54) is 17.4 Å². The predicted octanol–water partition coefficient (Wildman–Crippen LogP) is 5.70. The molecular formula is C13H7Br2FN2S. The molecular weight excluding hydrogens is 395 g/mol. The molecule has 1 heterocycles. The predicted molar refractivity (Wildman–Crippen MR) is 84.7 cm³/mol. The van der Waals surface area contributed by atoms with Crippen molar-refractivity contribution < 1.29 is 4.39 Å². The zero-order chi connectivity index (χ0) is 13.4. The van der Waals surface area contributed by atoms with Gasteiger partial charge in [0.15, 0.2) is 5.13 Å². The zero-order valence-corrected chi connectivity index (χ0v) is 13.4. The molecule has 3 rings (SSSR count). The van der Waals surface area contributed by atoms with E-state index in [9.17, 15) is 4.39 Å². The van der Waals surface area contributed by atoms with E-state index >= 15 is 0 Å². The van der Waals surface area contributed by atoms with Gasteiger partial charge >= 0.3 is 0 Å². The average molecular weight is 402 g/mol. The molecule has 2 nitrogen and oxygen atoms in total. The van der Waals surface area contributed by atoms with E-state index in [2.05, 4.69) is 42.2 Å². The summed E-state index contributed by atoms with van der Waals surface area (Å²) in [5, 5.41) is 3.68. The van der Waals surface area contributed by atoms with Crippen molar-refractivity contribution in [1.82, 2.24) is 4.98 Å². The van der Waals surface area contributed by atoms with Gasteiger partial charge < -0.3 is 5.32 Å². The molecule has 0 bridgehead atoms. The summed E-state index contributed by atoms with van der Waals surface area (Å²) in [6.45, 7) is 0. The van der Waals surface area contributed by atoms with E-state index in [0.29, 0.717) is 10.8 Å². The Hall–Kier alpha value is -0.980. The van der Waals surface area contributed by atoms with E-state index in [4.69, 9.17) is 0 Å². The van der Waals surface area contributed by atoms with E-state index in [-0.39, 0.29) is 5.82 Å². The number of hydrogen-bond donors (Lipinski definition) is 1. The lowest BCUT2D eigenvalue weighted by atomic mass is 10.3. The first-order valence-electron chi connectivity index (χ1n) is 5.40. The Balaban J connectivity index is 1.98. The summed E-state index contributed by atoms with van der Waals surface area (Å²) < 4.78 is 16.5. The first kappa shape index (κ1) is 13.0. The van der Waals surface area contributed by atoms with Crippen LogP contribution in [0, 0.1) is 5.82 Å². The second-order valence-corrected chi connectivity index (χ2v) is 6.74. The zero-order valence-electron chi connectivity index (χ0n) is 9.45. The molecule has 3 aromatic rings. The molecule has 0 amide bonds. The Morgan fingerprint density at radius 3 is 2.63 bits per heavy atom. The number of nitrogens with zero attached hydrogens (tertiary/aromatic N) is 1. The quantitative estimate of drug-likeness (QED) is 0.595. The number of nitrogens with one attached hydrogen (secondary N) is 1. The second-order valence-electron chi connectivity index (χ2n) is 3.88. The normalized spacial score (nSPS) is 10.9. The van der Waals surface area contributed by atoms with Gasteiger partial charge in [0.25, 0.3) is 0 Å². The lowest BCUT2D eigenvalue weighted by Crippen LogP contribution is -1.92. The van der Waals surface area contributed by atoms with Crippen LogP contribution in [0.2, 0.25) is 0 Å². The van der Waals surface area contributed by atoms with Crippen LogP contribution in [-0.4, -0.2) is 4.98 Å². The van der Waals surface area contributed by atoms with Crippen LogP contribution in [0.25, 0.3) is 10.2 Å². The van der Waals surface area contributed by atoms with Crippen molar-refractivity contribution in [3.8, 4) is 0 Å². The van der Waals surface area contributed by atoms with Crippen molar-refractivity contribution in [2.45, 2.75) is 0 Å². The number of halogens is 3. The van der Waals surface area contributed by atoms with Crippen molar-refractivity contribution in [2.24, 2.45) is 0 Å². The molecule has 1 N–H and O–H groups in total. The minimum Gasteiger partial charge on any atom is -0.329 e. The van der Waals surface area contributed by atoms with Crippen LogP contribution in [0.3, 0.4) is 0 Å². The first-order chi connectivity index (χ1) is 9.11. The van der Waals surface area contributed by atoms with Crippen molar-refractivity contribution in [2.75, 3.05) is 5.32 Å². The summed E-state index contributed by atoms with van der Waals surface area (Å²) in [6, 6.07) is 10.7. The maximum Gasteiger partial charge on any atom is 0.188 e. The molecule has 0 aliphatic rings. The summed E-state index contributed by atoms with van der Waals surface area (Å²) >= 11 is 8.22. The molecule has 6 heteroatoms. The highest BCUT2D eigenvalue weighted by Gasteiger charge is 2.08. The lowest BCUT2D eigenvalue weighted by Gasteiger charge is -2.04. The Bertz CT molecular complexity index is 757. The van der Waals surface area contributed by atoms with Crippen LogP contribution in [-0.2, 0) is 0 Å². The Morgan fingerprint density at radius 2 is 1.79 bits per heavy atom. The fourth-order valence-electron chi connectivity index (χ4n) is 1.66. The number of anilines is 2. The van der Waals surface area contributed by atoms with Crippen LogP contribution in [0.1, 0.15) is 0 Å². The molecule has 0 radical (unpaired) electrons. The van der Waals surface area contributed by atoms with E-state index < -0.39 is 0 Å². The van der Waals surface area contributed by atoms with Gasteiger partial charge in [-0.25, -0.2) is 9.37 Å². The van der Waals surface area contributed by atoms with Gasteiger partial charge in [-0.3, -0.25) is 0 Å². The molecule has 0 spiro atoms. The number of benzene rings is 2. The summed E-state index contributed by atoms with van der Waals surface area (Å²) in [6.07, 6.45) is 0. The highest BCUT2D eigenvalue weighted by molar-refractivity contribution is 9.10.